The molecule has 4 nitrogen and oxygen atoms in total. The van der Waals surface area contributed by atoms with Crippen LogP contribution in [0.25, 0.3) is 10.9 Å². The van der Waals surface area contributed by atoms with Gasteiger partial charge in [-0.2, -0.15) is 0 Å². The fraction of sp³-hybridized carbons (Fsp3) is 0.250. The minimum Gasteiger partial charge on any atom is -0.478 e. The molecule has 0 aliphatic carbocycles. The van der Waals surface area contributed by atoms with Crippen molar-refractivity contribution >= 4 is 16.9 Å². The predicted molar refractivity (Wildman–Crippen MR) is 79.4 cm³/mol. The number of carbonyl (C=O) groups is 1. The topological polar surface area (TPSA) is 59.3 Å². The van der Waals surface area contributed by atoms with Crippen molar-refractivity contribution in [3.05, 3.63) is 57.9 Å². The summed E-state index contributed by atoms with van der Waals surface area (Å²) in [7, 11) is 0. The highest BCUT2D eigenvalue weighted by Gasteiger charge is 2.12. The SMILES string of the molecule is C=C(C)Cn1c(=O)ccc2cc(C(=O)O)cc(CC)c21. The summed E-state index contributed by atoms with van der Waals surface area (Å²) in [5.74, 6) is -0.959. The van der Waals surface area contributed by atoms with Crippen LogP contribution < -0.4 is 5.56 Å². The van der Waals surface area contributed by atoms with Crippen molar-refractivity contribution in [2.75, 3.05) is 0 Å². The number of aromatic carboxylic acids is 1. The summed E-state index contributed by atoms with van der Waals surface area (Å²) in [5, 5.41) is 9.92. The van der Waals surface area contributed by atoms with E-state index in [1.807, 2.05) is 13.8 Å². The van der Waals surface area contributed by atoms with Crippen molar-refractivity contribution in [1.29, 1.82) is 0 Å². The number of hydrogen-bond acceptors (Lipinski definition) is 2. The summed E-state index contributed by atoms with van der Waals surface area (Å²) in [6.07, 6.45) is 0.664. The van der Waals surface area contributed by atoms with Gasteiger partial charge in [-0.25, -0.2) is 4.79 Å². The highest BCUT2D eigenvalue weighted by Crippen LogP contribution is 2.21. The lowest BCUT2D eigenvalue weighted by Crippen LogP contribution is -2.21. The second-order valence-corrected chi connectivity index (χ2v) is 4.95. The molecule has 1 N–H and O–H groups in total. The normalized spacial score (nSPS) is 10.7. The fourth-order valence-electron chi connectivity index (χ4n) is 2.36. The molecular weight excluding hydrogens is 254 g/mol. The number of hydrogen-bond donors (Lipinski definition) is 1. The Kier molecular flexibility index (Phi) is 3.74. The number of carboxylic acids is 1. The molecular formula is C16H17NO3. The average Bonchev–Trinajstić information content (AvgIpc) is 2.40. The van der Waals surface area contributed by atoms with E-state index in [0.717, 1.165) is 22.0 Å². The lowest BCUT2D eigenvalue weighted by molar-refractivity contribution is 0.0697. The maximum atomic E-state index is 12.1. The molecule has 0 saturated carbocycles. The van der Waals surface area contributed by atoms with E-state index in [-0.39, 0.29) is 11.1 Å². The van der Waals surface area contributed by atoms with Crippen LogP contribution in [0.4, 0.5) is 0 Å². The molecule has 0 unspecified atom stereocenters. The van der Waals surface area contributed by atoms with Crippen LogP contribution in [-0.2, 0) is 13.0 Å². The number of benzene rings is 1. The Morgan fingerprint density at radius 1 is 1.35 bits per heavy atom. The van der Waals surface area contributed by atoms with E-state index in [2.05, 4.69) is 6.58 Å². The number of rotatable bonds is 4. The van der Waals surface area contributed by atoms with Gasteiger partial charge in [0.25, 0.3) is 5.56 Å². The zero-order valence-corrected chi connectivity index (χ0v) is 11.6. The average molecular weight is 271 g/mol. The van der Waals surface area contributed by atoms with Crippen molar-refractivity contribution in [2.45, 2.75) is 26.8 Å². The Balaban J connectivity index is 2.86. The number of allylic oxidation sites excluding steroid dienone is 1. The van der Waals surface area contributed by atoms with Gasteiger partial charge in [0.2, 0.25) is 0 Å². The molecule has 2 aromatic rings. The van der Waals surface area contributed by atoms with E-state index in [1.165, 1.54) is 6.07 Å². The minimum absolute atomic E-state index is 0.0988. The van der Waals surface area contributed by atoms with E-state index in [4.69, 9.17) is 5.11 Å². The molecule has 0 saturated heterocycles. The van der Waals surface area contributed by atoms with Crippen molar-refractivity contribution < 1.29 is 9.90 Å². The van der Waals surface area contributed by atoms with Crippen LogP contribution in [0.1, 0.15) is 29.8 Å². The maximum Gasteiger partial charge on any atom is 0.335 e. The van der Waals surface area contributed by atoms with Gasteiger partial charge >= 0.3 is 5.97 Å². The molecule has 0 spiro atoms. The van der Waals surface area contributed by atoms with Crippen LogP contribution in [0, 0.1) is 0 Å². The molecule has 0 aliphatic rings. The molecule has 0 bridgehead atoms. The summed E-state index contributed by atoms with van der Waals surface area (Å²) in [5.41, 5.74) is 2.68. The first-order valence-corrected chi connectivity index (χ1v) is 6.48. The molecule has 0 amide bonds. The minimum atomic E-state index is -0.959. The summed E-state index contributed by atoms with van der Waals surface area (Å²) in [4.78, 5) is 23.2. The smallest absolute Gasteiger partial charge is 0.335 e. The number of aromatic nitrogens is 1. The van der Waals surface area contributed by atoms with Crippen LogP contribution in [-0.4, -0.2) is 15.6 Å². The number of aryl methyl sites for hydroxylation is 1. The third-order valence-electron chi connectivity index (χ3n) is 3.22. The van der Waals surface area contributed by atoms with Gasteiger partial charge in [-0.1, -0.05) is 19.1 Å². The van der Waals surface area contributed by atoms with Gasteiger partial charge in [-0.3, -0.25) is 4.79 Å². The predicted octanol–water partition coefficient (Wildman–Crippen LogP) is 2.84. The Morgan fingerprint density at radius 2 is 2.05 bits per heavy atom. The summed E-state index contributed by atoms with van der Waals surface area (Å²) in [6.45, 7) is 8.10. The standard InChI is InChI=1S/C16H17NO3/c1-4-11-7-13(16(19)20)8-12-5-6-14(18)17(15(11)12)9-10(2)3/h5-8H,2,4,9H2,1,3H3,(H,19,20). The Morgan fingerprint density at radius 3 is 2.60 bits per heavy atom. The van der Waals surface area contributed by atoms with E-state index in [9.17, 15) is 9.59 Å². The van der Waals surface area contributed by atoms with Crippen LogP contribution in [0.2, 0.25) is 0 Å². The van der Waals surface area contributed by atoms with Gasteiger partial charge in [-0.15, -0.1) is 0 Å². The molecule has 104 valence electrons. The third kappa shape index (κ3) is 2.50. The number of nitrogens with zero attached hydrogens (tertiary/aromatic N) is 1. The number of fused-ring (bicyclic) bond motifs is 1. The molecule has 1 aromatic heterocycles. The van der Waals surface area contributed by atoms with Crippen LogP contribution in [0.3, 0.4) is 0 Å². The zero-order chi connectivity index (χ0) is 14.9. The highest BCUT2D eigenvalue weighted by molar-refractivity contribution is 5.94. The summed E-state index contributed by atoms with van der Waals surface area (Å²) >= 11 is 0. The highest BCUT2D eigenvalue weighted by atomic mass is 16.4. The lowest BCUT2D eigenvalue weighted by atomic mass is 10.0. The van der Waals surface area contributed by atoms with Crippen molar-refractivity contribution in [3.63, 3.8) is 0 Å². The second-order valence-electron chi connectivity index (χ2n) is 4.95. The molecule has 4 heteroatoms. The van der Waals surface area contributed by atoms with Crippen LogP contribution in [0.5, 0.6) is 0 Å². The molecule has 1 heterocycles. The van der Waals surface area contributed by atoms with E-state index >= 15 is 0 Å². The van der Waals surface area contributed by atoms with E-state index < -0.39 is 5.97 Å². The van der Waals surface area contributed by atoms with E-state index in [0.29, 0.717) is 13.0 Å². The Labute approximate surface area is 117 Å². The molecule has 0 atom stereocenters. The lowest BCUT2D eigenvalue weighted by Gasteiger charge is -2.14. The van der Waals surface area contributed by atoms with Crippen LogP contribution >= 0.6 is 0 Å². The molecule has 0 radical (unpaired) electrons. The summed E-state index contributed by atoms with van der Waals surface area (Å²) in [6, 6.07) is 6.39. The number of pyridine rings is 1. The largest absolute Gasteiger partial charge is 0.478 e. The first kappa shape index (κ1) is 14.1. The first-order chi connectivity index (χ1) is 9.43. The zero-order valence-electron chi connectivity index (χ0n) is 11.6. The van der Waals surface area contributed by atoms with Gasteiger partial charge in [-0.05, 0) is 42.5 Å². The van der Waals surface area contributed by atoms with Gasteiger partial charge in [0.05, 0.1) is 11.1 Å². The van der Waals surface area contributed by atoms with E-state index in [1.54, 1.807) is 22.8 Å². The molecule has 1 aromatic carbocycles. The van der Waals surface area contributed by atoms with Crippen molar-refractivity contribution in [1.82, 2.24) is 4.57 Å². The maximum absolute atomic E-state index is 12.1. The fourth-order valence-corrected chi connectivity index (χ4v) is 2.36. The summed E-state index contributed by atoms with van der Waals surface area (Å²) < 4.78 is 1.65. The molecule has 0 fully saturated rings. The molecule has 0 aliphatic heterocycles. The Hall–Kier alpha value is -2.36. The Bertz CT molecular complexity index is 756. The monoisotopic (exact) mass is 271 g/mol. The van der Waals surface area contributed by atoms with Crippen molar-refractivity contribution in [2.24, 2.45) is 0 Å². The third-order valence-corrected chi connectivity index (χ3v) is 3.22. The molecule has 20 heavy (non-hydrogen) atoms. The second kappa shape index (κ2) is 5.33. The number of carboxylic acid groups (broad SMARTS) is 1. The quantitative estimate of drug-likeness (QED) is 0.870. The molecule has 2 rings (SSSR count). The van der Waals surface area contributed by atoms with Crippen molar-refractivity contribution in [3.8, 4) is 0 Å². The van der Waals surface area contributed by atoms with Gasteiger partial charge < -0.3 is 9.67 Å². The first-order valence-electron chi connectivity index (χ1n) is 6.48. The van der Waals surface area contributed by atoms with Crippen LogP contribution in [0.15, 0.2) is 41.2 Å². The van der Waals surface area contributed by atoms with Gasteiger partial charge in [0.1, 0.15) is 0 Å². The van der Waals surface area contributed by atoms with Gasteiger partial charge in [0, 0.05) is 12.6 Å². The van der Waals surface area contributed by atoms with Gasteiger partial charge in [0.15, 0.2) is 0 Å².